The number of rotatable bonds is 8. The molecule has 0 heterocycles. The van der Waals surface area contributed by atoms with E-state index >= 15 is 0 Å². The lowest BCUT2D eigenvalue weighted by Crippen LogP contribution is -2.29. The summed E-state index contributed by atoms with van der Waals surface area (Å²) < 4.78 is 30.0. The molecule has 0 aromatic heterocycles. The number of sulfonamides is 1. The van der Waals surface area contributed by atoms with E-state index in [1.807, 2.05) is 18.2 Å². The van der Waals surface area contributed by atoms with Gasteiger partial charge in [0.15, 0.2) is 0 Å². The van der Waals surface area contributed by atoms with E-state index in [1.165, 1.54) is 12.3 Å². The Morgan fingerprint density at radius 1 is 1.03 bits per heavy atom. The SMILES string of the molecule is Cc1ccccc1S(=O)(=O)N(CCc1cc(Br)ccc1Br)N=Cc1ccc(C(=O)O)c(C)c1C. The van der Waals surface area contributed by atoms with Crippen LogP contribution in [0.3, 0.4) is 0 Å². The molecule has 0 aliphatic carbocycles. The number of benzene rings is 3. The van der Waals surface area contributed by atoms with E-state index in [1.54, 1.807) is 51.1 Å². The monoisotopic (exact) mass is 606 g/mol. The van der Waals surface area contributed by atoms with Crippen LogP contribution in [0.4, 0.5) is 0 Å². The van der Waals surface area contributed by atoms with Gasteiger partial charge in [-0.2, -0.15) is 17.9 Å². The van der Waals surface area contributed by atoms with Crippen molar-refractivity contribution in [2.45, 2.75) is 32.1 Å². The molecule has 0 saturated heterocycles. The number of aromatic carboxylic acids is 1. The number of nitrogens with zero attached hydrogens (tertiary/aromatic N) is 2. The third-order valence-electron chi connectivity index (χ3n) is 5.61. The van der Waals surface area contributed by atoms with Crippen molar-refractivity contribution in [3.8, 4) is 0 Å². The summed E-state index contributed by atoms with van der Waals surface area (Å²) in [5.41, 5.74) is 3.76. The average molecular weight is 608 g/mol. The summed E-state index contributed by atoms with van der Waals surface area (Å²) >= 11 is 6.98. The van der Waals surface area contributed by atoms with Crippen LogP contribution in [0, 0.1) is 20.8 Å². The maximum atomic E-state index is 13.6. The third-order valence-corrected chi connectivity index (χ3v) is 8.73. The molecule has 0 fully saturated rings. The normalized spacial score (nSPS) is 11.7. The standard InChI is InChI=1S/C25H24Br2N2O4S/c1-16-6-4-5-7-24(16)34(32,33)29(13-12-19-14-21(26)9-11-23(19)27)28-15-20-8-10-22(25(30)31)18(3)17(20)2/h4-11,14-15H,12-13H2,1-3H3,(H,30,31). The van der Waals surface area contributed by atoms with Crippen LogP contribution in [0.15, 0.2) is 73.5 Å². The highest BCUT2D eigenvalue weighted by atomic mass is 79.9. The van der Waals surface area contributed by atoms with Gasteiger partial charge < -0.3 is 5.11 Å². The Morgan fingerprint density at radius 2 is 1.74 bits per heavy atom. The van der Waals surface area contributed by atoms with E-state index < -0.39 is 16.0 Å². The molecule has 6 nitrogen and oxygen atoms in total. The fourth-order valence-corrected chi connectivity index (χ4v) is 5.80. The Bertz CT molecular complexity index is 1370. The maximum absolute atomic E-state index is 13.6. The molecule has 0 spiro atoms. The van der Waals surface area contributed by atoms with Gasteiger partial charge in [-0.05, 0) is 85.3 Å². The van der Waals surface area contributed by atoms with Gasteiger partial charge in [0.1, 0.15) is 0 Å². The predicted octanol–water partition coefficient (Wildman–Crippen LogP) is 6.10. The summed E-state index contributed by atoms with van der Waals surface area (Å²) in [6.07, 6.45) is 1.90. The highest BCUT2D eigenvalue weighted by Gasteiger charge is 2.25. The number of carboxylic acid groups (broad SMARTS) is 1. The first-order valence-electron chi connectivity index (χ1n) is 10.4. The van der Waals surface area contributed by atoms with Crippen LogP contribution in [0.5, 0.6) is 0 Å². The second kappa shape index (κ2) is 10.8. The fourth-order valence-electron chi connectivity index (χ4n) is 3.49. The first kappa shape index (κ1) is 26.1. The minimum atomic E-state index is -3.93. The van der Waals surface area contributed by atoms with Gasteiger partial charge in [0.25, 0.3) is 10.0 Å². The number of aryl methyl sites for hydroxylation is 1. The Kier molecular flexibility index (Phi) is 8.33. The van der Waals surface area contributed by atoms with Gasteiger partial charge in [0.05, 0.1) is 23.2 Å². The first-order valence-corrected chi connectivity index (χ1v) is 13.4. The molecule has 0 radical (unpaired) electrons. The molecule has 3 rings (SSSR count). The molecule has 0 unspecified atom stereocenters. The van der Waals surface area contributed by atoms with Crippen molar-refractivity contribution in [3.05, 3.63) is 96.9 Å². The van der Waals surface area contributed by atoms with Crippen molar-refractivity contribution >= 4 is 54.1 Å². The van der Waals surface area contributed by atoms with Gasteiger partial charge in [-0.3, -0.25) is 0 Å². The molecule has 0 atom stereocenters. The van der Waals surface area contributed by atoms with Crippen LogP contribution in [0.1, 0.15) is 38.2 Å². The van der Waals surface area contributed by atoms with Crippen LogP contribution < -0.4 is 0 Å². The van der Waals surface area contributed by atoms with Crippen molar-refractivity contribution in [1.82, 2.24) is 4.41 Å². The third kappa shape index (κ3) is 5.76. The van der Waals surface area contributed by atoms with E-state index in [0.29, 0.717) is 23.1 Å². The molecule has 178 valence electrons. The number of carboxylic acids is 1. The Hall–Kier alpha value is -2.49. The fraction of sp³-hybridized carbons (Fsp3) is 0.200. The van der Waals surface area contributed by atoms with Crippen molar-refractivity contribution in [3.63, 3.8) is 0 Å². The quantitative estimate of drug-likeness (QED) is 0.247. The van der Waals surface area contributed by atoms with Crippen molar-refractivity contribution in [1.29, 1.82) is 0 Å². The molecule has 0 amide bonds. The zero-order chi connectivity index (χ0) is 25.0. The minimum Gasteiger partial charge on any atom is -0.478 e. The second-order valence-corrected chi connectivity index (χ2v) is 11.4. The number of carbonyl (C=O) groups is 1. The smallest absolute Gasteiger partial charge is 0.335 e. The summed E-state index contributed by atoms with van der Waals surface area (Å²) in [5, 5.41) is 13.7. The van der Waals surface area contributed by atoms with Crippen molar-refractivity contribution < 1.29 is 18.3 Å². The topological polar surface area (TPSA) is 87.0 Å². The Balaban J connectivity index is 2.01. The Morgan fingerprint density at radius 3 is 2.41 bits per heavy atom. The van der Waals surface area contributed by atoms with Gasteiger partial charge in [-0.15, -0.1) is 0 Å². The maximum Gasteiger partial charge on any atom is 0.335 e. The van der Waals surface area contributed by atoms with Gasteiger partial charge >= 0.3 is 5.97 Å². The van der Waals surface area contributed by atoms with Crippen molar-refractivity contribution in [2.75, 3.05) is 6.54 Å². The van der Waals surface area contributed by atoms with Crippen LogP contribution in [-0.2, 0) is 16.4 Å². The summed E-state index contributed by atoms with van der Waals surface area (Å²) in [4.78, 5) is 11.6. The van der Waals surface area contributed by atoms with E-state index in [4.69, 9.17) is 0 Å². The summed E-state index contributed by atoms with van der Waals surface area (Å²) in [5.74, 6) is -1.01. The largest absolute Gasteiger partial charge is 0.478 e. The molecular formula is C25H24Br2N2O4S. The van der Waals surface area contributed by atoms with Crippen LogP contribution >= 0.6 is 31.9 Å². The van der Waals surface area contributed by atoms with Crippen LogP contribution in [0.2, 0.25) is 0 Å². The summed E-state index contributed by atoms with van der Waals surface area (Å²) in [6, 6.07) is 15.7. The lowest BCUT2D eigenvalue weighted by molar-refractivity contribution is 0.0696. The molecule has 0 aliphatic rings. The number of hydrazone groups is 1. The summed E-state index contributed by atoms with van der Waals surface area (Å²) in [7, 11) is -3.93. The molecular weight excluding hydrogens is 584 g/mol. The predicted molar refractivity (Wildman–Crippen MR) is 141 cm³/mol. The number of hydrogen-bond donors (Lipinski definition) is 1. The van der Waals surface area contributed by atoms with Crippen LogP contribution in [0.25, 0.3) is 0 Å². The Labute approximate surface area is 216 Å². The van der Waals surface area contributed by atoms with Gasteiger partial charge in [0, 0.05) is 8.95 Å². The average Bonchev–Trinajstić information content (AvgIpc) is 2.78. The van der Waals surface area contributed by atoms with E-state index in [0.717, 1.165) is 24.5 Å². The van der Waals surface area contributed by atoms with E-state index in [9.17, 15) is 18.3 Å². The zero-order valence-corrected chi connectivity index (χ0v) is 22.9. The van der Waals surface area contributed by atoms with E-state index in [-0.39, 0.29) is 17.0 Å². The molecule has 0 aliphatic heterocycles. The molecule has 34 heavy (non-hydrogen) atoms. The number of hydrogen-bond acceptors (Lipinski definition) is 4. The highest BCUT2D eigenvalue weighted by Crippen LogP contribution is 2.25. The molecule has 0 saturated carbocycles. The molecule has 1 N–H and O–H groups in total. The molecule has 9 heteroatoms. The highest BCUT2D eigenvalue weighted by molar-refractivity contribution is 9.11. The van der Waals surface area contributed by atoms with Gasteiger partial charge in [-0.1, -0.05) is 56.1 Å². The first-order chi connectivity index (χ1) is 16.0. The minimum absolute atomic E-state index is 0.119. The zero-order valence-electron chi connectivity index (χ0n) is 18.9. The number of halogens is 2. The summed E-state index contributed by atoms with van der Waals surface area (Å²) in [6.45, 7) is 5.38. The lowest BCUT2D eigenvalue weighted by atomic mass is 9.99. The van der Waals surface area contributed by atoms with Gasteiger partial charge in [-0.25, -0.2) is 4.79 Å². The van der Waals surface area contributed by atoms with E-state index in [2.05, 4.69) is 37.0 Å². The second-order valence-electron chi connectivity index (χ2n) is 7.80. The lowest BCUT2D eigenvalue weighted by Gasteiger charge is -2.21. The molecule has 3 aromatic carbocycles. The molecule has 0 bridgehead atoms. The molecule has 3 aromatic rings. The van der Waals surface area contributed by atoms with Gasteiger partial charge in [0.2, 0.25) is 0 Å². The van der Waals surface area contributed by atoms with Crippen molar-refractivity contribution in [2.24, 2.45) is 5.10 Å². The van der Waals surface area contributed by atoms with Crippen LogP contribution in [-0.4, -0.2) is 36.7 Å².